The van der Waals surface area contributed by atoms with Gasteiger partial charge in [0.2, 0.25) is 0 Å². The lowest BCUT2D eigenvalue weighted by atomic mass is 10.0. The fourth-order valence-electron chi connectivity index (χ4n) is 7.76. The van der Waals surface area contributed by atoms with Crippen LogP contribution in [0, 0.1) is 0 Å². The maximum absolute atomic E-state index is 5.05. The van der Waals surface area contributed by atoms with Crippen molar-refractivity contribution >= 4 is 90.4 Å². The van der Waals surface area contributed by atoms with Crippen molar-refractivity contribution in [2.24, 2.45) is 0 Å². The van der Waals surface area contributed by atoms with Crippen molar-refractivity contribution in [1.82, 2.24) is 19.5 Å². The summed E-state index contributed by atoms with van der Waals surface area (Å²) in [6, 6.07) is 45.8. The first-order valence-electron chi connectivity index (χ1n) is 17.3. The number of rotatable bonds is 4. The van der Waals surface area contributed by atoms with Crippen molar-refractivity contribution in [3.63, 3.8) is 0 Å². The van der Waals surface area contributed by atoms with E-state index in [0.717, 1.165) is 35.4 Å². The molecule has 4 aromatic heterocycles. The minimum atomic E-state index is 0.691. The van der Waals surface area contributed by atoms with E-state index in [-0.39, 0.29) is 0 Å². The monoisotopic (exact) mass is 688 g/mol. The largest absolute Gasteiger partial charge is 0.309 e. The van der Waals surface area contributed by atoms with Crippen LogP contribution in [-0.4, -0.2) is 19.5 Å². The Morgan fingerprint density at radius 1 is 0.490 bits per heavy atom. The van der Waals surface area contributed by atoms with Gasteiger partial charge < -0.3 is 4.57 Å². The third kappa shape index (κ3) is 4.47. The summed E-state index contributed by atoms with van der Waals surface area (Å²) in [5.41, 5.74) is 6.70. The Hall–Kier alpha value is -5.95. The van der Waals surface area contributed by atoms with Gasteiger partial charge in [-0.05, 0) is 49.2 Å². The summed E-state index contributed by atoms with van der Waals surface area (Å²) in [6.07, 6.45) is 8.60. The first kappa shape index (κ1) is 28.8. The van der Waals surface area contributed by atoms with Crippen LogP contribution >= 0.6 is 22.7 Å². The highest BCUT2D eigenvalue weighted by Crippen LogP contribution is 2.47. The molecule has 4 heterocycles. The Labute approximate surface area is 301 Å². The van der Waals surface area contributed by atoms with Gasteiger partial charge in [-0.1, -0.05) is 109 Å². The normalized spacial score (nSPS) is 13.4. The Kier molecular flexibility index (Phi) is 6.38. The number of aromatic nitrogens is 4. The molecule has 0 spiro atoms. The van der Waals surface area contributed by atoms with Crippen LogP contribution in [0.3, 0.4) is 0 Å². The average Bonchev–Trinajstić information content (AvgIpc) is 3.87. The lowest BCUT2D eigenvalue weighted by molar-refractivity contribution is 1.01. The summed E-state index contributed by atoms with van der Waals surface area (Å²) in [5, 5.41) is 7.73. The summed E-state index contributed by atoms with van der Waals surface area (Å²) in [5.74, 6) is 2.10. The molecule has 0 N–H and O–H groups in total. The molecule has 240 valence electrons. The SMILES string of the molecule is C1=CC(c2nc(-c3ccccc3)nc(-c3ccc4c(c3)sc3c4ccc4sc5cccc(-n6c7ccccc7c7ccccc76)c5c43)n2)=CCC1. The van der Waals surface area contributed by atoms with Gasteiger partial charge in [-0.15, -0.1) is 22.7 Å². The molecule has 51 heavy (non-hydrogen) atoms. The van der Waals surface area contributed by atoms with E-state index in [2.05, 4.69) is 132 Å². The van der Waals surface area contributed by atoms with E-state index in [9.17, 15) is 0 Å². The summed E-state index contributed by atoms with van der Waals surface area (Å²) < 4.78 is 7.61. The van der Waals surface area contributed by atoms with Gasteiger partial charge in [-0.3, -0.25) is 0 Å². The molecule has 11 rings (SSSR count). The fraction of sp³-hybridized carbons (Fsp3) is 0.0444. The quantitative estimate of drug-likeness (QED) is 0.185. The highest BCUT2D eigenvalue weighted by molar-refractivity contribution is 7.29. The summed E-state index contributed by atoms with van der Waals surface area (Å²) in [4.78, 5) is 15.0. The van der Waals surface area contributed by atoms with Gasteiger partial charge >= 0.3 is 0 Å². The zero-order valence-electron chi connectivity index (χ0n) is 27.4. The number of hydrogen-bond donors (Lipinski definition) is 0. The number of nitrogens with zero attached hydrogens (tertiary/aromatic N) is 4. The molecule has 0 fully saturated rings. The van der Waals surface area contributed by atoms with E-state index < -0.39 is 0 Å². The van der Waals surface area contributed by atoms with E-state index in [4.69, 9.17) is 15.0 Å². The van der Waals surface area contributed by atoms with Crippen LogP contribution in [0.1, 0.15) is 18.7 Å². The van der Waals surface area contributed by atoms with Gasteiger partial charge in [0.05, 0.1) is 16.7 Å². The molecule has 0 atom stereocenters. The molecule has 6 heteroatoms. The maximum atomic E-state index is 5.05. The van der Waals surface area contributed by atoms with E-state index >= 15 is 0 Å². The number of benzene rings is 6. The van der Waals surface area contributed by atoms with Gasteiger partial charge in [-0.2, -0.15) is 0 Å². The first-order valence-corrected chi connectivity index (χ1v) is 18.9. The smallest absolute Gasteiger partial charge is 0.164 e. The Morgan fingerprint density at radius 2 is 1.20 bits per heavy atom. The molecule has 0 unspecified atom stereocenters. The number of fused-ring (bicyclic) bond motifs is 10. The van der Waals surface area contributed by atoms with Crippen molar-refractivity contribution in [3.05, 3.63) is 151 Å². The van der Waals surface area contributed by atoms with Crippen LogP contribution in [0.5, 0.6) is 0 Å². The Bertz CT molecular complexity index is 3030. The minimum absolute atomic E-state index is 0.691. The predicted molar refractivity (Wildman–Crippen MR) is 217 cm³/mol. The molecule has 1 aliphatic rings. The van der Waals surface area contributed by atoms with Crippen molar-refractivity contribution in [1.29, 1.82) is 0 Å². The van der Waals surface area contributed by atoms with Crippen LogP contribution in [-0.2, 0) is 0 Å². The minimum Gasteiger partial charge on any atom is -0.309 e. The highest BCUT2D eigenvalue weighted by Gasteiger charge is 2.20. The highest BCUT2D eigenvalue weighted by atomic mass is 32.1. The number of thiophene rings is 2. The van der Waals surface area contributed by atoms with E-state index in [1.165, 1.54) is 67.8 Å². The fourth-order valence-corrected chi connectivity index (χ4v) is 10.3. The third-order valence-electron chi connectivity index (χ3n) is 10.1. The molecule has 0 saturated carbocycles. The zero-order chi connectivity index (χ0) is 33.5. The third-order valence-corrected chi connectivity index (χ3v) is 12.4. The molecular weight excluding hydrogens is 661 g/mol. The molecule has 0 radical (unpaired) electrons. The van der Waals surface area contributed by atoms with Crippen molar-refractivity contribution in [2.75, 3.05) is 0 Å². The van der Waals surface area contributed by atoms with Crippen molar-refractivity contribution in [2.45, 2.75) is 12.8 Å². The number of para-hydroxylation sites is 2. The van der Waals surface area contributed by atoms with Gasteiger partial charge in [0.25, 0.3) is 0 Å². The molecular formula is C45H28N4S2. The van der Waals surface area contributed by atoms with Gasteiger partial charge in [0.15, 0.2) is 17.5 Å². The second-order valence-electron chi connectivity index (χ2n) is 13.1. The standard InChI is InChI=1S/C45H28N4S2/c1-3-12-27(13-4-1)43-46-44(28-14-5-2-6-15-28)48-45(47-43)29-22-23-32-33-24-25-38-41(42(33)51-39(32)26-29)40-36(20-11-21-37(40)50-38)49-34-18-9-7-16-30(34)31-17-8-10-19-35(31)49/h1,3-5,7-26H,2,6H2. The zero-order valence-corrected chi connectivity index (χ0v) is 29.0. The molecule has 0 amide bonds. The van der Waals surface area contributed by atoms with Crippen LogP contribution in [0.4, 0.5) is 0 Å². The summed E-state index contributed by atoms with van der Waals surface area (Å²) in [6.45, 7) is 0. The number of allylic oxidation sites excluding steroid dienone is 4. The molecule has 6 aromatic carbocycles. The van der Waals surface area contributed by atoms with Crippen molar-refractivity contribution in [3.8, 4) is 28.5 Å². The van der Waals surface area contributed by atoms with Crippen LogP contribution < -0.4 is 0 Å². The average molecular weight is 689 g/mol. The second-order valence-corrected chi connectivity index (χ2v) is 15.2. The second kappa shape index (κ2) is 11.3. The number of hydrogen-bond acceptors (Lipinski definition) is 5. The molecule has 0 bridgehead atoms. The Morgan fingerprint density at radius 3 is 1.98 bits per heavy atom. The van der Waals surface area contributed by atoms with Crippen molar-refractivity contribution < 1.29 is 0 Å². The first-order chi connectivity index (χ1) is 25.3. The predicted octanol–water partition coefficient (Wildman–Crippen LogP) is 12.8. The summed E-state index contributed by atoms with van der Waals surface area (Å²) in [7, 11) is 0. The van der Waals surface area contributed by atoms with Crippen LogP contribution in [0.15, 0.2) is 146 Å². The van der Waals surface area contributed by atoms with E-state index in [1.54, 1.807) is 0 Å². The van der Waals surface area contributed by atoms with Crippen LogP contribution in [0.25, 0.3) is 96.2 Å². The molecule has 10 aromatic rings. The van der Waals surface area contributed by atoms with E-state index in [0.29, 0.717) is 11.6 Å². The Balaban J connectivity index is 1.14. The van der Waals surface area contributed by atoms with Gasteiger partial charge in [0.1, 0.15) is 0 Å². The summed E-state index contributed by atoms with van der Waals surface area (Å²) >= 11 is 3.75. The lowest BCUT2D eigenvalue weighted by Crippen LogP contribution is -2.03. The maximum Gasteiger partial charge on any atom is 0.164 e. The van der Waals surface area contributed by atoms with Gasteiger partial charge in [-0.25, -0.2) is 15.0 Å². The van der Waals surface area contributed by atoms with Crippen LogP contribution in [0.2, 0.25) is 0 Å². The lowest BCUT2D eigenvalue weighted by Gasteiger charge is -2.10. The molecule has 0 saturated heterocycles. The molecule has 4 nitrogen and oxygen atoms in total. The van der Waals surface area contributed by atoms with Gasteiger partial charge in [0, 0.05) is 67.8 Å². The molecule has 0 aliphatic heterocycles. The molecule has 1 aliphatic carbocycles. The van der Waals surface area contributed by atoms with E-state index in [1.807, 2.05) is 40.9 Å². The topological polar surface area (TPSA) is 43.6 Å².